The summed E-state index contributed by atoms with van der Waals surface area (Å²) in [6, 6.07) is 0. The van der Waals surface area contributed by atoms with Crippen LogP contribution in [0.5, 0.6) is 0 Å². The van der Waals surface area contributed by atoms with Gasteiger partial charge in [0.1, 0.15) is 0 Å². The molecule has 0 heterocycles. The summed E-state index contributed by atoms with van der Waals surface area (Å²) in [6.45, 7) is 19.4. The summed E-state index contributed by atoms with van der Waals surface area (Å²) in [5, 5.41) is 10.9. The van der Waals surface area contributed by atoms with Crippen LogP contribution in [0.25, 0.3) is 0 Å². The summed E-state index contributed by atoms with van der Waals surface area (Å²) in [7, 11) is 0. The number of rotatable bonds is 0. The van der Waals surface area contributed by atoms with Gasteiger partial charge in [-0.05, 0) is 108 Å². The highest BCUT2D eigenvalue weighted by Crippen LogP contribution is 2.75. The van der Waals surface area contributed by atoms with Crippen LogP contribution in [-0.2, 0) is 4.79 Å². The number of aliphatic hydroxyl groups excluding tert-OH is 1. The number of carbonyl (C=O) groups excluding carboxylic acids is 1. The Bertz CT molecular complexity index is 855. The Hall–Kier alpha value is -0.630. The maximum atomic E-state index is 14.2. The van der Waals surface area contributed by atoms with Crippen LogP contribution in [0.15, 0.2) is 11.6 Å². The molecule has 180 valence electrons. The summed E-state index contributed by atoms with van der Waals surface area (Å²) >= 11 is 0. The predicted octanol–water partition coefficient (Wildman–Crippen LogP) is 7.20. The Balaban J connectivity index is 1.64. The number of fused-ring (bicyclic) bond motifs is 7. The van der Waals surface area contributed by atoms with Gasteiger partial charge in [-0.25, -0.2) is 0 Å². The van der Waals surface area contributed by atoms with Crippen LogP contribution in [0.4, 0.5) is 0 Å². The van der Waals surface area contributed by atoms with Crippen molar-refractivity contribution in [2.45, 2.75) is 113 Å². The van der Waals surface area contributed by atoms with Crippen molar-refractivity contribution in [1.29, 1.82) is 0 Å². The van der Waals surface area contributed by atoms with Gasteiger partial charge in [0, 0.05) is 5.92 Å². The zero-order valence-corrected chi connectivity index (χ0v) is 22.1. The van der Waals surface area contributed by atoms with Gasteiger partial charge in [0.2, 0.25) is 0 Å². The van der Waals surface area contributed by atoms with Crippen LogP contribution in [0.3, 0.4) is 0 Å². The lowest BCUT2D eigenvalue weighted by molar-refractivity contribution is -0.202. The van der Waals surface area contributed by atoms with Gasteiger partial charge in [-0.2, -0.15) is 0 Å². The van der Waals surface area contributed by atoms with E-state index in [1.165, 1.54) is 31.3 Å². The average molecular weight is 441 g/mol. The van der Waals surface area contributed by atoms with E-state index in [2.05, 4.69) is 61.5 Å². The second-order valence-corrected chi connectivity index (χ2v) is 14.7. The molecule has 0 bridgehead atoms. The number of ketones is 1. The van der Waals surface area contributed by atoms with Crippen LogP contribution in [0, 0.1) is 56.7 Å². The quantitative estimate of drug-likeness (QED) is 0.432. The Morgan fingerprint density at radius 1 is 0.875 bits per heavy atom. The lowest BCUT2D eigenvalue weighted by Crippen LogP contribution is -2.66. The Morgan fingerprint density at radius 3 is 2.25 bits per heavy atom. The zero-order valence-electron chi connectivity index (χ0n) is 22.1. The molecular formula is C30H48O2. The maximum absolute atomic E-state index is 14.2. The molecular weight excluding hydrogens is 392 g/mol. The molecule has 2 nitrogen and oxygen atoms in total. The minimum absolute atomic E-state index is 0.00984. The molecule has 4 fully saturated rings. The fourth-order valence-corrected chi connectivity index (χ4v) is 10.7. The third-order valence-electron chi connectivity index (χ3n) is 13.1. The van der Waals surface area contributed by atoms with Crippen molar-refractivity contribution in [1.82, 2.24) is 0 Å². The first-order valence-corrected chi connectivity index (χ1v) is 13.7. The average Bonchev–Trinajstić information content (AvgIpc) is 2.70. The molecule has 1 unspecified atom stereocenters. The van der Waals surface area contributed by atoms with E-state index >= 15 is 0 Å². The van der Waals surface area contributed by atoms with E-state index in [0.29, 0.717) is 29.0 Å². The smallest absolute Gasteiger partial charge is 0.159 e. The van der Waals surface area contributed by atoms with Gasteiger partial charge in [-0.3, -0.25) is 4.79 Å². The molecule has 10 atom stereocenters. The minimum atomic E-state index is -0.245. The molecule has 32 heavy (non-hydrogen) atoms. The normalized spacial score (nSPS) is 56.9. The van der Waals surface area contributed by atoms with E-state index in [1.807, 2.05) is 0 Å². The van der Waals surface area contributed by atoms with E-state index in [4.69, 9.17) is 0 Å². The van der Waals surface area contributed by atoms with E-state index in [-0.39, 0.29) is 33.7 Å². The molecule has 0 saturated heterocycles. The van der Waals surface area contributed by atoms with Gasteiger partial charge in [0.05, 0.1) is 6.10 Å². The number of allylic oxidation sites excluding steroid dienone is 2. The van der Waals surface area contributed by atoms with Crippen molar-refractivity contribution < 1.29 is 9.90 Å². The van der Waals surface area contributed by atoms with Crippen LogP contribution in [-0.4, -0.2) is 17.0 Å². The highest BCUT2D eigenvalue weighted by atomic mass is 16.3. The Labute approximate surface area is 197 Å². The van der Waals surface area contributed by atoms with Gasteiger partial charge in [-0.15, -0.1) is 0 Å². The summed E-state index contributed by atoms with van der Waals surface area (Å²) in [4.78, 5) is 14.2. The second kappa shape index (κ2) is 6.73. The number of carbonyl (C=O) groups is 1. The molecule has 0 aliphatic heterocycles. The fourth-order valence-electron chi connectivity index (χ4n) is 10.7. The van der Waals surface area contributed by atoms with Gasteiger partial charge in [-0.1, -0.05) is 61.0 Å². The Kier molecular flexibility index (Phi) is 4.87. The highest BCUT2D eigenvalue weighted by Gasteiger charge is 2.70. The molecule has 0 aromatic heterocycles. The first-order chi connectivity index (χ1) is 14.7. The van der Waals surface area contributed by atoms with Crippen molar-refractivity contribution >= 4 is 5.78 Å². The van der Waals surface area contributed by atoms with Crippen molar-refractivity contribution in [3.05, 3.63) is 11.6 Å². The number of hydrogen-bond acceptors (Lipinski definition) is 2. The maximum Gasteiger partial charge on any atom is 0.159 e. The number of aliphatic hydroxyl groups is 1. The van der Waals surface area contributed by atoms with Crippen LogP contribution >= 0.6 is 0 Å². The molecule has 0 amide bonds. The molecule has 1 N–H and O–H groups in total. The third kappa shape index (κ3) is 2.60. The molecule has 5 rings (SSSR count). The standard InChI is InChI=1S/C30H48O2/c1-18-9-12-27(5)15-16-29(7)20(24(27)19(18)2)17-21(31)25-28(6)13-11-23(32)26(3,4)22(28)10-14-30(25,29)8/h17-19,22-25,32H,9-16H2,1-8H3/t18-,19+,22?,23+,24+,25-,27-,28+,29-,30-/m1/s1. The molecule has 0 spiro atoms. The first-order valence-electron chi connectivity index (χ1n) is 13.7. The van der Waals surface area contributed by atoms with Gasteiger partial charge >= 0.3 is 0 Å². The Morgan fingerprint density at radius 2 is 1.56 bits per heavy atom. The third-order valence-corrected chi connectivity index (χ3v) is 13.1. The molecule has 0 aromatic rings. The van der Waals surface area contributed by atoms with Crippen LogP contribution in [0.2, 0.25) is 0 Å². The molecule has 5 aliphatic carbocycles. The summed E-state index contributed by atoms with van der Waals surface area (Å²) in [5.41, 5.74) is 1.92. The van der Waals surface area contributed by atoms with Gasteiger partial charge in [0.25, 0.3) is 0 Å². The summed E-state index contributed by atoms with van der Waals surface area (Å²) in [6.07, 6.45) is 11.3. The van der Waals surface area contributed by atoms with E-state index in [0.717, 1.165) is 31.6 Å². The fraction of sp³-hybridized carbons (Fsp3) is 0.900. The van der Waals surface area contributed by atoms with E-state index in [9.17, 15) is 9.90 Å². The molecule has 4 saturated carbocycles. The second-order valence-electron chi connectivity index (χ2n) is 14.7. The predicted molar refractivity (Wildman–Crippen MR) is 131 cm³/mol. The van der Waals surface area contributed by atoms with Crippen molar-refractivity contribution in [3.63, 3.8) is 0 Å². The van der Waals surface area contributed by atoms with E-state index < -0.39 is 0 Å². The zero-order chi connectivity index (χ0) is 23.5. The van der Waals surface area contributed by atoms with Crippen molar-refractivity contribution in [3.8, 4) is 0 Å². The molecule has 2 heteroatoms. The largest absolute Gasteiger partial charge is 0.393 e. The molecule has 0 radical (unpaired) electrons. The van der Waals surface area contributed by atoms with Crippen molar-refractivity contribution in [2.24, 2.45) is 56.7 Å². The lowest BCUT2D eigenvalue weighted by Gasteiger charge is -2.70. The first kappa shape index (κ1) is 23.1. The number of hydrogen-bond donors (Lipinski definition) is 1. The summed E-state index contributed by atoms with van der Waals surface area (Å²) in [5.74, 6) is 2.89. The lowest BCUT2D eigenvalue weighted by atomic mass is 9.33. The SMILES string of the molecule is C[C@H]1[C@H](C)CC[C@]2(C)CC[C@]3(C)C(=CC(=O)[C@@H]4[C@@]5(C)CC[C@H](O)C(C)(C)C5CC[C@]43C)[C@H]12. The van der Waals surface area contributed by atoms with Gasteiger partial charge < -0.3 is 5.11 Å². The molecule has 0 aromatic carbocycles. The van der Waals surface area contributed by atoms with E-state index in [1.54, 1.807) is 0 Å². The minimum Gasteiger partial charge on any atom is -0.393 e. The van der Waals surface area contributed by atoms with Crippen LogP contribution in [0.1, 0.15) is 107 Å². The monoisotopic (exact) mass is 440 g/mol. The van der Waals surface area contributed by atoms with Gasteiger partial charge in [0.15, 0.2) is 5.78 Å². The summed E-state index contributed by atoms with van der Waals surface area (Å²) < 4.78 is 0. The van der Waals surface area contributed by atoms with Crippen molar-refractivity contribution in [2.75, 3.05) is 0 Å². The van der Waals surface area contributed by atoms with Crippen LogP contribution < -0.4 is 0 Å². The molecule has 5 aliphatic rings. The topological polar surface area (TPSA) is 37.3 Å². The highest BCUT2D eigenvalue weighted by molar-refractivity contribution is 5.95.